The van der Waals surface area contributed by atoms with Crippen LogP contribution in [0.2, 0.25) is 0 Å². The first-order valence-corrected chi connectivity index (χ1v) is 9.03. The molecule has 23 heavy (non-hydrogen) atoms. The molecule has 0 fully saturated rings. The smallest absolute Gasteiger partial charge is 0.328 e. The van der Waals surface area contributed by atoms with Crippen LogP contribution in [0.5, 0.6) is 0 Å². The van der Waals surface area contributed by atoms with E-state index in [0.717, 1.165) is 18.7 Å². The van der Waals surface area contributed by atoms with Gasteiger partial charge in [-0.05, 0) is 18.6 Å². The summed E-state index contributed by atoms with van der Waals surface area (Å²) in [4.78, 5) is 13.8. The minimum atomic E-state index is -0.893. The Labute approximate surface area is 140 Å². The van der Waals surface area contributed by atoms with Crippen molar-refractivity contribution in [1.82, 2.24) is 4.98 Å². The fourth-order valence-corrected chi connectivity index (χ4v) is 2.71. The quantitative estimate of drug-likeness (QED) is 0.319. The van der Waals surface area contributed by atoms with Crippen molar-refractivity contribution in [2.24, 2.45) is 0 Å². The lowest BCUT2D eigenvalue weighted by Gasteiger charge is -2.15. The topological polar surface area (TPSA) is 65.1 Å². The number of anilines is 1. The van der Waals surface area contributed by atoms with Gasteiger partial charge in [0.25, 0.3) is 0 Å². The molecule has 1 aromatic heterocycles. The number of aromatic nitrogens is 1. The highest BCUT2D eigenvalue weighted by molar-refractivity contribution is 5.79. The zero-order chi connectivity index (χ0) is 16.8. The minimum Gasteiger partial charge on any atom is -0.478 e. The maximum Gasteiger partial charge on any atom is 0.328 e. The Morgan fingerprint density at radius 3 is 2.39 bits per heavy atom. The second-order valence-electron chi connectivity index (χ2n) is 6.15. The minimum absolute atomic E-state index is 0.0642. The van der Waals surface area contributed by atoms with Crippen molar-refractivity contribution < 1.29 is 9.90 Å². The highest BCUT2D eigenvalue weighted by Gasteiger charge is 2.06. The Kier molecular flexibility index (Phi) is 10.8. The van der Waals surface area contributed by atoms with E-state index in [4.69, 9.17) is 5.11 Å². The van der Waals surface area contributed by atoms with Gasteiger partial charge in [-0.25, -0.2) is 4.79 Å². The third-order valence-electron chi connectivity index (χ3n) is 4.03. The summed E-state index contributed by atoms with van der Waals surface area (Å²) in [5, 5.41) is 12.1. The number of carbonyl (C=O) groups is 1. The van der Waals surface area contributed by atoms with E-state index in [1.54, 1.807) is 6.08 Å². The zero-order valence-electron chi connectivity index (χ0n) is 14.4. The number of nitrogens with one attached hydrogen (secondary N) is 2. The van der Waals surface area contributed by atoms with Crippen molar-refractivity contribution in [3.8, 4) is 0 Å². The maximum absolute atomic E-state index is 10.7. The van der Waals surface area contributed by atoms with Gasteiger partial charge in [0.1, 0.15) is 5.82 Å². The number of carboxylic acids is 1. The largest absolute Gasteiger partial charge is 0.478 e. The van der Waals surface area contributed by atoms with Crippen LogP contribution in [-0.4, -0.2) is 22.1 Å². The van der Waals surface area contributed by atoms with Crippen LogP contribution < -0.4 is 5.32 Å². The summed E-state index contributed by atoms with van der Waals surface area (Å²) in [6.45, 7) is 2.25. The molecule has 4 heteroatoms. The average molecular weight is 320 g/mol. The predicted octanol–water partition coefficient (Wildman–Crippen LogP) is 5.36. The summed E-state index contributed by atoms with van der Waals surface area (Å²) in [7, 11) is 0. The fraction of sp³-hybridized carbons (Fsp3) is 0.632. The molecule has 0 aliphatic heterocycles. The Morgan fingerprint density at radius 2 is 1.83 bits per heavy atom. The van der Waals surface area contributed by atoms with Crippen molar-refractivity contribution in [2.45, 2.75) is 77.2 Å². The van der Waals surface area contributed by atoms with Crippen molar-refractivity contribution in [3.63, 3.8) is 0 Å². The maximum atomic E-state index is 10.7. The zero-order valence-corrected chi connectivity index (χ0v) is 14.4. The van der Waals surface area contributed by atoms with Gasteiger partial charge in [-0.2, -0.15) is 0 Å². The predicted molar refractivity (Wildman–Crippen MR) is 96.8 cm³/mol. The summed E-state index contributed by atoms with van der Waals surface area (Å²) in [5.41, 5.74) is 0. The molecule has 0 unspecified atom stereocenters. The molecule has 1 aromatic rings. The lowest BCUT2D eigenvalue weighted by molar-refractivity contribution is -0.131. The second-order valence-corrected chi connectivity index (χ2v) is 6.15. The Morgan fingerprint density at radius 1 is 1.17 bits per heavy atom. The summed E-state index contributed by atoms with van der Waals surface area (Å²) in [6, 6.07) is 3.95. The molecule has 0 aliphatic carbocycles. The van der Waals surface area contributed by atoms with Gasteiger partial charge in [0, 0.05) is 18.3 Å². The van der Waals surface area contributed by atoms with Crippen LogP contribution in [0.25, 0.3) is 0 Å². The van der Waals surface area contributed by atoms with Crippen molar-refractivity contribution >= 4 is 11.8 Å². The summed E-state index contributed by atoms with van der Waals surface area (Å²) < 4.78 is 0. The number of hydrogen-bond acceptors (Lipinski definition) is 2. The molecule has 0 spiro atoms. The molecule has 1 heterocycles. The van der Waals surface area contributed by atoms with Gasteiger partial charge in [-0.1, -0.05) is 70.8 Å². The van der Waals surface area contributed by atoms with Crippen LogP contribution in [0.15, 0.2) is 30.5 Å². The fourth-order valence-electron chi connectivity index (χ4n) is 2.71. The molecule has 0 amide bonds. The Bertz CT molecular complexity index is 427. The SMILES string of the molecule is CCCCCCCCCCC[C@H](/C=C/C(=O)O)Nc1ccc[nH]1. The molecule has 0 aliphatic rings. The monoisotopic (exact) mass is 320 g/mol. The molecule has 1 rings (SSSR count). The normalized spacial score (nSPS) is 12.6. The van der Waals surface area contributed by atoms with Gasteiger partial charge in [-0.15, -0.1) is 0 Å². The molecule has 0 radical (unpaired) electrons. The highest BCUT2D eigenvalue weighted by Crippen LogP contribution is 2.14. The molecule has 1 atom stereocenters. The highest BCUT2D eigenvalue weighted by atomic mass is 16.4. The van der Waals surface area contributed by atoms with E-state index >= 15 is 0 Å². The van der Waals surface area contributed by atoms with Gasteiger partial charge in [0.15, 0.2) is 0 Å². The molecule has 3 N–H and O–H groups in total. The number of hydrogen-bond donors (Lipinski definition) is 3. The molecular formula is C19H32N2O2. The molecule has 0 saturated heterocycles. The first kappa shape index (κ1) is 19.3. The Balaban J connectivity index is 2.17. The average Bonchev–Trinajstić information content (AvgIpc) is 3.03. The van der Waals surface area contributed by atoms with Gasteiger partial charge in [0.05, 0.1) is 0 Å². The molecular weight excluding hydrogens is 288 g/mol. The summed E-state index contributed by atoms with van der Waals surface area (Å²) in [6.07, 6.45) is 17.5. The first-order chi connectivity index (χ1) is 11.2. The van der Waals surface area contributed by atoms with E-state index in [1.165, 1.54) is 57.4 Å². The van der Waals surface area contributed by atoms with Crippen LogP contribution in [0, 0.1) is 0 Å². The summed E-state index contributed by atoms with van der Waals surface area (Å²) in [5.74, 6) is 0.0383. The van der Waals surface area contributed by atoms with E-state index in [-0.39, 0.29) is 6.04 Å². The van der Waals surface area contributed by atoms with E-state index in [1.807, 2.05) is 18.3 Å². The van der Waals surface area contributed by atoms with E-state index in [0.29, 0.717) is 0 Å². The van der Waals surface area contributed by atoms with Gasteiger partial charge in [-0.3, -0.25) is 0 Å². The van der Waals surface area contributed by atoms with Crippen molar-refractivity contribution in [1.29, 1.82) is 0 Å². The van der Waals surface area contributed by atoms with Crippen LogP contribution in [0.1, 0.15) is 71.1 Å². The van der Waals surface area contributed by atoms with Crippen LogP contribution >= 0.6 is 0 Å². The third kappa shape index (κ3) is 10.6. The van der Waals surface area contributed by atoms with Crippen molar-refractivity contribution in [2.75, 3.05) is 5.32 Å². The standard InChI is InChI=1S/C19H32N2O2/c1-2-3-4-5-6-7-8-9-10-12-17(14-15-19(22)23)21-18-13-11-16-20-18/h11,13-17,20-21H,2-10,12H2,1H3,(H,22,23)/b15-14+/t17-/m1/s1. The van der Waals surface area contributed by atoms with Crippen LogP contribution in [0.3, 0.4) is 0 Å². The van der Waals surface area contributed by atoms with E-state index in [2.05, 4.69) is 17.2 Å². The van der Waals surface area contributed by atoms with Crippen molar-refractivity contribution in [3.05, 3.63) is 30.5 Å². The van der Waals surface area contributed by atoms with Crippen LogP contribution in [0.4, 0.5) is 5.82 Å². The van der Waals surface area contributed by atoms with Gasteiger partial charge >= 0.3 is 5.97 Å². The number of aromatic amines is 1. The molecule has 0 saturated carbocycles. The number of carboxylic acid groups (broad SMARTS) is 1. The number of aliphatic carboxylic acids is 1. The number of H-pyrrole nitrogens is 1. The lowest BCUT2D eigenvalue weighted by atomic mass is 10.0. The number of rotatable bonds is 14. The number of unbranched alkanes of at least 4 members (excludes halogenated alkanes) is 8. The molecule has 130 valence electrons. The second kappa shape index (κ2) is 12.8. The van der Waals surface area contributed by atoms with Gasteiger partial charge < -0.3 is 15.4 Å². The van der Waals surface area contributed by atoms with E-state index in [9.17, 15) is 4.79 Å². The van der Waals surface area contributed by atoms with E-state index < -0.39 is 5.97 Å². The first-order valence-electron chi connectivity index (χ1n) is 9.03. The lowest BCUT2D eigenvalue weighted by Crippen LogP contribution is -2.17. The molecule has 0 bridgehead atoms. The van der Waals surface area contributed by atoms with Crippen LogP contribution in [-0.2, 0) is 4.79 Å². The molecule has 4 nitrogen and oxygen atoms in total. The Hall–Kier alpha value is -1.71. The molecule has 0 aromatic carbocycles. The van der Waals surface area contributed by atoms with Gasteiger partial charge in [0.2, 0.25) is 0 Å². The summed E-state index contributed by atoms with van der Waals surface area (Å²) >= 11 is 0. The third-order valence-corrected chi connectivity index (χ3v) is 4.03.